The van der Waals surface area contributed by atoms with E-state index < -0.39 is 5.91 Å². The molecule has 2 aromatic carbocycles. The number of para-hydroxylation sites is 1. The van der Waals surface area contributed by atoms with Crippen LogP contribution in [0.4, 0.5) is 0 Å². The van der Waals surface area contributed by atoms with Gasteiger partial charge < -0.3 is 19.8 Å². The van der Waals surface area contributed by atoms with Crippen LogP contribution >= 0.6 is 0 Å². The summed E-state index contributed by atoms with van der Waals surface area (Å²) in [7, 11) is 3.24. The number of carbonyl (C=O) groups excluding carboxylic acids is 1. The molecule has 1 amide bonds. The summed E-state index contributed by atoms with van der Waals surface area (Å²) in [6.07, 6.45) is 0. The van der Waals surface area contributed by atoms with Gasteiger partial charge in [0.25, 0.3) is 5.91 Å². The number of hydrogen-bond donors (Lipinski definition) is 1. The maximum Gasteiger partial charge on any atom is 0.250 e. The minimum absolute atomic E-state index is 0.433. The highest BCUT2D eigenvalue weighted by atomic mass is 16.5. The highest BCUT2D eigenvalue weighted by Gasteiger charge is 2.19. The van der Waals surface area contributed by atoms with Crippen LogP contribution in [0.2, 0.25) is 0 Å². The van der Waals surface area contributed by atoms with E-state index in [2.05, 4.69) is 16.7 Å². The van der Waals surface area contributed by atoms with Gasteiger partial charge in [-0.25, -0.2) is 0 Å². The molecule has 3 aromatic rings. The Morgan fingerprint density at radius 1 is 1.04 bits per heavy atom. The molecular weight excluding hydrogens is 340 g/mol. The number of methoxy groups -OCH3 is 2. The van der Waals surface area contributed by atoms with Gasteiger partial charge in [-0.05, 0) is 31.5 Å². The summed E-state index contributed by atoms with van der Waals surface area (Å²) in [5, 5.41) is 0. The van der Waals surface area contributed by atoms with Gasteiger partial charge in [0, 0.05) is 17.0 Å². The smallest absolute Gasteiger partial charge is 0.250 e. The Labute approximate surface area is 159 Å². The maximum atomic E-state index is 11.9. The van der Waals surface area contributed by atoms with Crippen LogP contribution in [0.25, 0.3) is 11.3 Å². The minimum atomic E-state index is -0.433. The summed E-state index contributed by atoms with van der Waals surface area (Å²) in [5.41, 5.74) is 11.0. The molecule has 140 valence electrons. The lowest BCUT2D eigenvalue weighted by molar-refractivity contribution is 0.0999. The molecule has 3 rings (SSSR count). The third-order valence-electron chi connectivity index (χ3n) is 4.79. The molecule has 0 saturated carbocycles. The van der Waals surface area contributed by atoms with Crippen molar-refractivity contribution in [3.8, 4) is 22.8 Å². The Morgan fingerprint density at radius 2 is 1.74 bits per heavy atom. The quantitative estimate of drug-likeness (QED) is 0.720. The lowest BCUT2D eigenvalue weighted by atomic mass is 10.1. The number of hydrogen-bond acceptors (Lipinski definition) is 3. The van der Waals surface area contributed by atoms with E-state index in [0.29, 0.717) is 23.6 Å². The molecule has 0 unspecified atom stereocenters. The highest BCUT2D eigenvalue weighted by Crippen LogP contribution is 2.34. The predicted octanol–water partition coefficient (Wildman–Crippen LogP) is 3.94. The molecule has 27 heavy (non-hydrogen) atoms. The van der Waals surface area contributed by atoms with E-state index in [9.17, 15) is 4.79 Å². The summed E-state index contributed by atoms with van der Waals surface area (Å²) in [4.78, 5) is 11.9. The lowest BCUT2D eigenvalue weighted by Gasteiger charge is -2.16. The van der Waals surface area contributed by atoms with Crippen molar-refractivity contribution < 1.29 is 14.3 Å². The Kier molecular flexibility index (Phi) is 5.21. The fraction of sp³-hybridized carbons (Fsp3) is 0.227. The van der Waals surface area contributed by atoms with Crippen molar-refractivity contribution >= 4 is 5.91 Å². The van der Waals surface area contributed by atoms with Crippen molar-refractivity contribution in [1.82, 2.24) is 4.57 Å². The van der Waals surface area contributed by atoms with E-state index in [1.807, 2.05) is 50.2 Å². The molecule has 5 nitrogen and oxygen atoms in total. The van der Waals surface area contributed by atoms with Gasteiger partial charge in [0.05, 0.1) is 26.3 Å². The number of amides is 1. The Hall–Kier alpha value is -3.21. The third-order valence-corrected chi connectivity index (χ3v) is 4.79. The minimum Gasteiger partial charge on any atom is -0.493 e. The van der Waals surface area contributed by atoms with Gasteiger partial charge in [0.2, 0.25) is 0 Å². The number of aromatic nitrogens is 1. The summed E-state index contributed by atoms with van der Waals surface area (Å²) in [6, 6.07) is 15.8. The van der Waals surface area contributed by atoms with Crippen molar-refractivity contribution in [1.29, 1.82) is 0 Å². The van der Waals surface area contributed by atoms with Gasteiger partial charge in [-0.3, -0.25) is 4.79 Å². The summed E-state index contributed by atoms with van der Waals surface area (Å²) in [6.45, 7) is 4.48. The zero-order valence-corrected chi connectivity index (χ0v) is 16.1. The largest absolute Gasteiger partial charge is 0.493 e. The normalized spacial score (nSPS) is 10.7. The van der Waals surface area contributed by atoms with E-state index in [0.717, 1.165) is 22.5 Å². The molecule has 1 heterocycles. The van der Waals surface area contributed by atoms with Gasteiger partial charge in [-0.15, -0.1) is 0 Å². The highest BCUT2D eigenvalue weighted by molar-refractivity contribution is 5.95. The van der Waals surface area contributed by atoms with Crippen LogP contribution in [-0.2, 0) is 6.54 Å². The predicted molar refractivity (Wildman–Crippen MR) is 107 cm³/mol. The fourth-order valence-corrected chi connectivity index (χ4v) is 3.31. The molecule has 0 spiro atoms. The molecule has 0 aliphatic heterocycles. The van der Waals surface area contributed by atoms with Gasteiger partial charge >= 0.3 is 0 Å². The van der Waals surface area contributed by atoms with Crippen molar-refractivity contribution in [3.05, 3.63) is 70.9 Å². The van der Waals surface area contributed by atoms with E-state index in [1.165, 1.54) is 5.56 Å². The third kappa shape index (κ3) is 3.53. The summed E-state index contributed by atoms with van der Waals surface area (Å²) >= 11 is 0. The van der Waals surface area contributed by atoms with Crippen LogP contribution in [0.1, 0.15) is 27.2 Å². The topological polar surface area (TPSA) is 66.5 Å². The first-order valence-electron chi connectivity index (χ1n) is 8.73. The number of benzene rings is 2. The first-order chi connectivity index (χ1) is 13.0. The summed E-state index contributed by atoms with van der Waals surface area (Å²) < 4.78 is 13.1. The van der Waals surface area contributed by atoms with Crippen molar-refractivity contribution in [2.24, 2.45) is 5.73 Å². The molecule has 0 saturated heterocycles. The van der Waals surface area contributed by atoms with Crippen LogP contribution in [0.15, 0.2) is 48.5 Å². The zero-order chi connectivity index (χ0) is 19.6. The molecule has 5 heteroatoms. The Bertz CT molecular complexity index is 972. The molecule has 0 bridgehead atoms. The van der Waals surface area contributed by atoms with Crippen LogP contribution in [0, 0.1) is 13.8 Å². The number of ether oxygens (including phenoxy) is 2. The first-order valence-corrected chi connectivity index (χ1v) is 8.73. The SMILES string of the molecule is COc1cccc(Cn2c(-c3ccc(C)cc3)cc(C(N)=O)c2C)c1OC. The molecule has 0 atom stereocenters. The number of nitrogens with zero attached hydrogens (tertiary/aromatic N) is 1. The van der Waals surface area contributed by atoms with E-state index in [1.54, 1.807) is 14.2 Å². The summed E-state index contributed by atoms with van der Waals surface area (Å²) in [5.74, 6) is 0.924. The second-order valence-electron chi connectivity index (χ2n) is 6.50. The standard InChI is InChI=1S/C22H24N2O3/c1-14-8-10-16(11-9-14)19-12-18(22(23)25)15(2)24(19)13-17-6-5-7-20(26-3)21(17)27-4/h5-12H,13H2,1-4H3,(H2,23,25). The van der Waals surface area contributed by atoms with Gasteiger partial charge in [0.1, 0.15) is 0 Å². The van der Waals surface area contributed by atoms with Crippen molar-refractivity contribution in [2.75, 3.05) is 14.2 Å². The molecule has 1 aromatic heterocycles. The average molecular weight is 364 g/mol. The van der Waals surface area contributed by atoms with Crippen LogP contribution in [0.3, 0.4) is 0 Å². The van der Waals surface area contributed by atoms with E-state index in [4.69, 9.17) is 15.2 Å². The van der Waals surface area contributed by atoms with Gasteiger partial charge in [-0.1, -0.05) is 42.0 Å². The van der Waals surface area contributed by atoms with Gasteiger partial charge in [0.15, 0.2) is 11.5 Å². The van der Waals surface area contributed by atoms with Crippen molar-refractivity contribution in [2.45, 2.75) is 20.4 Å². The molecular formula is C22H24N2O3. The Balaban J connectivity index is 2.15. The molecule has 0 aliphatic rings. The number of aryl methyl sites for hydroxylation is 1. The number of carbonyl (C=O) groups is 1. The van der Waals surface area contributed by atoms with Gasteiger partial charge in [-0.2, -0.15) is 0 Å². The second-order valence-corrected chi connectivity index (χ2v) is 6.50. The second kappa shape index (κ2) is 7.58. The average Bonchev–Trinajstić information content (AvgIpc) is 2.99. The van der Waals surface area contributed by atoms with Crippen LogP contribution in [-0.4, -0.2) is 24.7 Å². The molecule has 2 N–H and O–H groups in total. The maximum absolute atomic E-state index is 11.9. The molecule has 0 aliphatic carbocycles. The number of rotatable bonds is 6. The van der Waals surface area contributed by atoms with Crippen LogP contribution in [0.5, 0.6) is 11.5 Å². The van der Waals surface area contributed by atoms with E-state index in [-0.39, 0.29) is 0 Å². The fourth-order valence-electron chi connectivity index (χ4n) is 3.31. The molecule has 0 fully saturated rings. The van der Waals surface area contributed by atoms with E-state index >= 15 is 0 Å². The van der Waals surface area contributed by atoms with Crippen LogP contribution < -0.4 is 15.2 Å². The van der Waals surface area contributed by atoms with Crippen molar-refractivity contribution in [3.63, 3.8) is 0 Å². The number of nitrogens with two attached hydrogens (primary N) is 1. The molecule has 0 radical (unpaired) electrons. The monoisotopic (exact) mass is 364 g/mol. The zero-order valence-electron chi connectivity index (χ0n) is 16.1. The Morgan fingerprint density at radius 3 is 2.33 bits per heavy atom. The first kappa shape index (κ1) is 18.6. The lowest BCUT2D eigenvalue weighted by Crippen LogP contribution is -2.13. The number of primary amides is 1.